The van der Waals surface area contributed by atoms with Gasteiger partial charge in [-0.3, -0.25) is 13.9 Å². The molecule has 1 N–H and O–H groups in total. The van der Waals surface area contributed by atoms with E-state index in [1.54, 1.807) is 36.4 Å². The van der Waals surface area contributed by atoms with Crippen molar-refractivity contribution < 1.29 is 18.0 Å². The highest BCUT2D eigenvalue weighted by Gasteiger charge is 2.35. The molecular weight excluding hydrogens is 606 g/mol. The van der Waals surface area contributed by atoms with Crippen molar-refractivity contribution in [1.29, 1.82) is 0 Å². The number of halogens is 1. The van der Waals surface area contributed by atoms with Crippen LogP contribution in [0.1, 0.15) is 42.5 Å². The number of sulfonamides is 1. The smallest absolute Gasteiger partial charge is 0.264 e. The van der Waals surface area contributed by atoms with Gasteiger partial charge in [0.25, 0.3) is 10.0 Å². The maximum atomic E-state index is 14.5. The van der Waals surface area contributed by atoms with Gasteiger partial charge in [0.05, 0.1) is 10.6 Å². The summed E-state index contributed by atoms with van der Waals surface area (Å²) in [6.45, 7) is 7.34. The summed E-state index contributed by atoms with van der Waals surface area (Å²) in [6.07, 6.45) is 0.973. The Morgan fingerprint density at radius 3 is 1.96 bits per heavy atom. The number of hydrogen-bond acceptors (Lipinski definition) is 4. The Balaban J connectivity index is 1.80. The van der Waals surface area contributed by atoms with Gasteiger partial charge in [0.1, 0.15) is 12.6 Å². The largest absolute Gasteiger partial charge is 0.352 e. The molecule has 0 heterocycles. The predicted molar refractivity (Wildman–Crippen MR) is 181 cm³/mol. The summed E-state index contributed by atoms with van der Waals surface area (Å²) in [4.78, 5) is 30.0. The quantitative estimate of drug-likeness (QED) is 0.175. The topological polar surface area (TPSA) is 86.8 Å². The molecule has 0 aromatic heterocycles. The van der Waals surface area contributed by atoms with Gasteiger partial charge in [-0.2, -0.15) is 0 Å². The predicted octanol–water partition coefficient (Wildman–Crippen LogP) is 6.71. The van der Waals surface area contributed by atoms with Crippen molar-refractivity contribution in [3.05, 3.63) is 130 Å². The average molecular weight is 646 g/mol. The molecular formula is C36H40ClN3O4S. The third-order valence-corrected chi connectivity index (χ3v) is 9.79. The van der Waals surface area contributed by atoms with E-state index in [1.807, 2.05) is 82.3 Å². The minimum absolute atomic E-state index is 0.0521. The van der Waals surface area contributed by atoms with E-state index in [-0.39, 0.29) is 35.5 Å². The lowest BCUT2D eigenvalue weighted by Crippen LogP contribution is -2.54. The summed E-state index contributed by atoms with van der Waals surface area (Å²) >= 11 is 6.14. The second-order valence-electron chi connectivity index (χ2n) is 11.3. The van der Waals surface area contributed by atoms with Crippen molar-refractivity contribution in [1.82, 2.24) is 10.2 Å². The van der Waals surface area contributed by atoms with E-state index in [0.29, 0.717) is 5.02 Å². The van der Waals surface area contributed by atoms with Crippen LogP contribution in [0.5, 0.6) is 0 Å². The Labute approximate surface area is 271 Å². The molecule has 236 valence electrons. The number of nitrogens with zero attached hydrogens (tertiary/aromatic N) is 2. The second-order valence-corrected chi connectivity index (χ2v) is 13.6. The Morgan fingerprint density at radius 2 is 1.38 bits per heavy atom. The normalized spacial score (nSPS) is 12.6. The van der Waals surface area contributed by atoms with Crippen LogP contribution in [0.3, 0.4) is 0 Å². The SMILES string of the molecule is CC[C@H](C)NC(=O)[C@H](Cc1ccccc1)N(Cc1ccc(C)cc1)C(=O)CN(c1ccc(Cl)cc1)S(=O)(=O)c1ccc(C)cc1. The summed E-state index contributed by atoms with van der Waals surface area (Å²) in [6, 6.07) is 29.0. The van der Waals surface area contributed by atoms with Gasteiger partial charge in [0.15, 0.2) is 0 Å². The third-order valence-electron chi connectivity index (χ3n) is 7.75. The van der Waals surface area contributed by atoms with Gasteiger partial charge in [-0.25, -0.2) is 8.42 Å². The van der Waals surface area contributed by atoms with Crippen LogP contribution in [0, 0.1) is 13.8 Å². The van der Waals surface area contributed by atoms with E-state index in [0.717, 1.165) is 33.0 Å². The number of amides is 2. The average Bonchev–Trinajstić information content (AvgIpc) is 3.03. The van der Waals surface area contributed by atoms with Gasteiger partial charge in [-0.05, 0) is 74.7 Å². The van der Waals surface area contributed by atoms with Crippen LogP contribution in [0.15, 0.2) is 108 Å². The fourth-order valence-corrected chi connectivity index (χ4v) is 6.40. The lowest BCUT2D eigenvalue weighted by molar-refractivity contribution is -0.140. The van der Waals surface area contributed by atoms with Gasteiger partial charge < -0.3 is 10.2 Å². The van der Waals surface area contributed by atoms with Crippen LogP contribution in [0.25, 0.3) is 0 Å². The zero-order chi connectivity index (χ0) is 32.6. The van der Waals surface area contributed by atoms with Crippen LogP contribution in [0.2, 0.25) is 5.02 Å². The molecule has 9 heteroatoms. The molecule has 0 fully saturated rings. The summed E-state index contributed by atoms with van der Waals surface area (Å²) in [5.41, 5.74) is 3.95. The van der Waals surface area contributed by atoms with E-state index >= 15 is 0 Å². The summed E-state index contributed by atoms with van der Waals surface area (Å²) in [5.74, 6) is -0.811. The standard InChI is InChI=1S/C36H40ClN3O4S/c1-5-28(4)38-36(42)34(23-29-9-7-6-8-10-29)39(24-30-15-11-26(2)12-16-30)35(41)25-40(32-19-17-31(37)18-20-32)45(43,44)33-21-13-27(3)14-22-33/h6-22,28,34H,5,23-25H2,1-4H3,(H,38,42)/t28-,34-/m0/s1. The highest BCUT2D eigenvalue weighted by atomic mass is 35.5. The van der Waals surface area contributed by atoms with Crippen molar-refractivity contribution in [2.45, 2.75) is 64.1 Å². The summed E-state index contributed by atoms with van der Waals surface area (Å²) < 4.78 is 29.3. The molecule has 7 nitrogen and oxygen atoms in total. The molecule has 4 aromatic carbocycles. The zero-order valence-electron chi connectivity index (χ0n) is 26.1. The highest BCUT2D eigenvalue weighted by Crippen LogP contribution is 2.27. The molecule has 0 aliphatic carbocycles. The first-order chi connectivity index (χ1) is 21.5. The van der Waals surface area contributed by atoms with Crippen molar-refractivity contribution in [3.63, 3.8) is 0 Å². The lowest BCUT2D eigenvalue weighted by Gasteiger charge is -2.34. The lowest BCUT2D eigenvalue weighted by atomic mass is 10.0. The molecule has 2 amide bonds. The molecule has 0 unspecified atom stereocenters. The van der Waals surface area contributed by atoms with E-state index < -0.39 is 28.5 Å². The number of hydrogen-bond donors (Lipinski definition) is 1. The monoisotopic (exact) mass is 645 g/mol. The first-order valence-electron chi connectivity index (χ1n) is 15.0. The number of carbonyl (C=O) groups excluding carboxylic acids is 2. The Morgan fingerprint density at radius 1 is 0.800 bits per heavy atom. The zero-order valence-corrected chi connectivity index (χ0v) is 27.7. The molecule has 4 rings (SSSR count). The van der Waals surface area contributed by atoms with E-state index in [9.17, 15) is 18.0 Å². The fraction of sp³-hybridized carbons (Fsp3) is 0.278. The number of benzene rings is 4. The minimum atomic E-state index is -4.18. The van der Waals surface area contributed by atoms with Crippen LogP contribution in [-0.2, 0) is 32.6 Å². The molecule has 2 atom stereocenters. The van der Waals surface area contributed by atoms with Gasteiger partial charge in [-0.1, -0.05) is 96.4 Å². The fourth-order valence-electron chi connectivity index (χ4n) is 4.86. The van der Waals surface area contributed by atoms with Crippen LogP contribution >= 0.6 is 11.6 Å². The third kappa shape index (κ3) is 8.96. The Hall–Kier alpha value is -4.14. The molecule has 4 aromatic rings. The van der Waals surface area contributed by atoms with Crippen molar-refractivity contribution >= 4 is 39.1 Å². The van der Waals surface area contributed by atoms with Crippen LogP contribution < -0.4 is 9.62 Å². The summed E-state index contributed by atoms with van der Waals surface area (Å²) in [7, 11) is -4.18. The molecule has 0 aliphatic rings. The highest BCUT2D eigenvalue weighted by molar-refractivity contribution is 7.92. The van der Waals surface area contributed by atoms with Crippen LogP contribution in [-0.4, -0.2) is 43.8 Å². The molecule has 0 saturated heterocycles. The van der Waals surface area contributed by atoms with Crippen molar-refractivity contribution in [2.24, 2.45) is 0 Å². The van der Waals surface area contributed by atoms with Gasteiger partial charge in [0, 0.05) is 24.0 Å². The number of anilines is 1. The second kappa shape index (κ2) is 15.2. The first kappa shape index (κ1) is 33.7. The van der Waals surface area contributed by atoms with E-state index in [1.165, 1.54) is 17.0 Å². The van der Waals surface area contributed by atoms with Crippen molar-refractivity contribution in [2.75, 3.05) is 10.8 Å². The molecule has 0 radical (unpaired) electrons. The van der Waals surface area contributed by atoms with Crippen molar-refractivity contribution in [3.8, 4) is 0 Å². The number of carbonyl (C=O) groups is 2. The molecule has 0 spiro atoms. The minimum Gasteiger partial charge on any atom is -0.352 e. The maximum Gasteiger partial charge on any atom is 0.264 e. The molecule has 0 saturated carbocycles. The Bertz CT molecular complexity index is 1680. The molecule has 0 bridgehead atoms. The first-order valence-corrected chi connectivity index (χ1v) is 16.8. The van der Waals surface area contributed by atoms with Gasteiger partial charge in [0.2, 0.25) is 11.8 Å². The number of nitrogens with one attached hydrogen (secondary N) is 1. The number of rotatable bonds is 13. The molecule has 0 aliphatic heterocycles. The van der Waals surface area contributed by atoms with Gasteiger partial charge >= 0.3 is 0 Å². The van der Waals surface area contributed by atoms with E-state index in [2.05, 4.69) is 5.32 Å². The molecule has 45 heavy (non-hydrogen) atoms. The number of aryl methyl sites for hydroxylation is 2. The van der Waals surface area contributed by atoms with Crippen LogP contribution in [0.4, 0.5) is 5.69 Å². The van der Waals surface area contributed by atoms with Gasteiger partial charge in [-0.15, -0.1) is 0 Å². The summed E-state index contributed by atoms with van der Waals surface area (Å²) in [5, 5.41) is 3.49. The Kier molecular flexibility index (Phi) is 11.4. The maximum absolute atomic E-state index is 14.5. The van der Waals surface area contributed by atoms with E-state index in [4.69, 9.17) is 11.6 Å².